The summed E-state index contributed by atoms with van der Waals surface area (Å²) in [6, 6.07) is 10.6. The standard InChI is InChI=1S/C18H24N4O2/c1-2-4-16(5-3-1)10-21-8-9-23-13-18(12-21)7-6-17(24-18)11-22-15-19-14-20-22/h1-5,14-15,17H,6-13H2. The number of ether oxygens (including phenoxy) is 2. The smallest absolute Gasteiger partial charge is 0.137 e. The Labute approximate surface area is 142 Å². The van der Waals surface area contributed by atoms with Crippen molar-refractivity contribution in [1.29, 1.82) is 0 Å². The molecule has 4 rings (SSSR count). The maximum Gasteiger partial charge on any atom is 0.137 e. The van der Waals surface area contributed by atoms with Gasteiger partial charge in [0.25, 0.3) is 0 Å². The van der Waals surface area contributed by atoms with E-state index in [9.17, 15) is 0 Å². The van der Waals surface area contributed by atoms with E-state index in [1.54, 1.807) is 12.7 Å². The monoisotopic (exact) mass is 328 g/mol. The third-order valence-corrected chi connectivity index (χ3v) is 4.87. The van der Waals surface area contributed by atoms with Crippen LogP contribution in [0.3, 0.4) is 0 Å². The second-order valence-electron chi connectivity index (χ2n) is 6.83. The Kier molecular flexibility index (Phi) is 4.60. The molecule has 0 radical (unpaired) electrons. The maximum absolute atomic E-state index is 6.46. The highest BCUT2D eigenvalue weighted by molar-refractivity contribution is 5.14. The lowest BCUT2D eigenvalue weighted by molar-refractivity contribution is -0.0905. The molecule has 0 amide bonds. The summed E-state index contributed by atoms with van der Waals surface area (Å²) in [7, 11) is 0. The van der Waals surface area contributed by atoms with Crippen LogP contribution in [0.15, 0.2) is 43.0 Å². The highest BCUT2D eigenvalue weighted by atomic mass is 16.6. The van der Waals surface area contributed by atoms with Gasteiger partial charge in [-0.25, -0.2) is 4.98 Å². The third kappa shape index (κ3) is 3.66. The molecule has 2 unspecified atom stereocenters. The van der Waals surface area contributed by atoms with Crippen molar-refractivity contribution in [3.8, 4) is 0 Å². The van der Waals surface area contributed by atoms with E-state index in [0.717, 1.165) is 45.6 Å². The minimum atomic E-state index is -0.184. The molecular formula is C18H24N4O2. The topological polar surface area (TPSA) is 52.4 Å². The van der Waals surface area contributed by atoms with Gasteiger partial charge in [0.1, 0.15) is 18.3 Å². The van der Waals surface area contributed by atoms with E-state index in [-0.39, 0.29) is 11.7 Å². The number of hydrogen-bond donors (Lipinski definition) is 0. The molecule has 2 fully saturated rings. The fourth-order valence-electron chi connectivity index (χ4n) is 3.74. The number of nitrogens with zero attached hydrogens (tertiary/aromatic N) is 4. The first-order valence-corrected chi connectivity index (χ1v) is 8.66. The van der Waals surface area contributed by atoms with Crippen LogP contribution in [0.25, 0.3) is 0 Å². The van der Waals surface area contributed by atoms with Crippen molar-refractivity contribution in [3.63, 3.8) is 0 Å². The Hall–Kier alpha value is -1.76. The van der Waals surface area contributed by atoms with Gasteiger partial charge in [-0.2, -0.15) is 5.10 Å². The Morgan fingerprint density at radius 2 is 2.17 bits per heavy atom. The van der Waals surface area contributed by atoms with Crippen LogP contribution in [0.4, 0.5) is 0 Å². The Morgan fingerprint density at radius 1 is 1.25 bits per heavy atom. The summed E-state index contributed by atoms with van der Waals surface area (Å²) in [5, 5.41) is 4.19. The van der Waals surface area contributed by atoms with Crippen molar-refractivity contribution in [3.05, 3.63) is 48.5 Å². The maximum atomic E-state index is 6.46. The van der Waals surface area contributed by atoms with E-state index in [2.05, 4.69) is 45.3 Å². The molecule has 128 valence electrons. The van der Waals surface area contributed by atoms with E-state index >= 15 is 0 Å². The van der Waals surface area contributed by atoms with Crippen molar-refractivity contribution < 1.29 is 9.47 Å². The van der Waals surface area contributed by atoms with Gasteiger partial charge in [-0.3, -0.25) is 9.58 Å². The normalized spacial score (nSPS) is 28.2. The average molecular weight is 328 g/mol. The number of hydrogen-bond acceptors (Lipinski definition) is 5. The van der Waals surface area contributed by atoms with E-state index < -0.39 is 0 Å². The van der Waals surface area contributed by atoms with Crippen LogP contribution in [0, 0.1) is 0 Å². The fraction of sp³-hybridized carbons (Fsp3) is 0.556. The second-order valence-corrected chi connectivity index (χ2v) is 6.83. The predicted molar refractivity (Wildman–Crippen MR) is 89.4 cm³/mol. The molecule has 2 aliphatic heterocycles. The van der Waals surface area contributed by atoms with Gasteiger partial charge in [0.05, 0.1) is 25.9 Å². The quantitative estimate of drug-likeness (QED) is 0.855. The summed E-state index contributed by atoms with van der Waals surface area (Å²) < 4.78 is 14.2. The zero-order chi connectivity index (χ0) is 16.2. The molecule has 0 N–H and O–H groups in total. The lowest BCUT2D eigenvalue weighted by atomic mass is 10.00. The van der Waals surface area contributed by atoms with Crippen LogP contribution in [0.2, 0.25) is 0 Å². The molecule has 0 bridgehead atoms. The van der Waals surface area contributed by atoms with Gasteiger partial charge in [-0.1, -0.05) is 30.3 Å². The van der Waals surface area contributed by atoms with Crippen LogP contribution in [-0.4, -0.2) is 57.7 Å². The molecule has 0 aliphatic carbocycles. The van der Waals surface area contributed by atoms with Gasteiger partial charge in [0, 0.05) is 19.6 Å². The minimum Gasteiger partial charge on any atom is -0.377 e. The van der Waals surface area contributed by atoms with Gasteiger partial charge in [-0.15, -0.1) is 0 Å². The lowest BCUT2D eigenvalue weighted by Crippen LogP contribution is -2.44. The summed E-state index contributed by atoms with van der Waals surface area (Å²) in [4.78, 5) is 6.46. The van der Waals surface area contributed by atoms with E-state index in [0.29, 0.717) is 6.61 Å². The zero-order valence-corrected chi connectivity index (χ0v) is 13.9. The number of benzene rings is 1. The molecule has 1 aromatic heterocycles. The first-order valence-electron chi connectivity index (χ1n) is 8.66. The molecule has 3 heterocycles. The fourth-order valence-corrected chi connectivity index (χ4v) is 3.74. The highest BCUT2D eigenvalue weighted by Crippen LogP contribution is 2.34. The van der Waals surface area contributed by atoms with Gasteiger partial charge < -0.3 is 9.47 Å². The lowest BCUT2D eigenvalue weighted by Gasteiger charge is -2.32. The molecule has 2 saturated heterocycles. The van der Waals surface area contributed by atoms with Crippen molar-refractivity contribution >= 4 is 0 Å². The minimum absolute atomic E-state index is 0.184. The van der Waals surface area contributed by atoms with Gasteiger partial charge in [0.2, 0.25) is 0 Å². The van der Waals surface area contributed by atoms with Crippen molar-refractivity contribution in [2.75, 3.05) is 26.3 Å². The molecule has 0 saturated carbocycles. The molecule has 6 heteroatoms. The Balaban J connectivity index is 1.40. The predicted octanol–water partition coefficient (Wildman–Crippen LogP) is 1.73. The third-order valence-electron chi connectivity index (χ3n) is 4.87. The summed E-state index contributed by atoms with van der Waals surface area (Å²) in [5.41, 5.74) is 1.16. The summed E-state index contributed by atoms with van der Waals surface area (Å²) in [6.45, 7) is 5.05. The average Bonchev–Trinajstić information content (AvgIpc) is 3.19. The van der Waals surface area contributed by atoms with Crippen LogP contribution in [0.1, 0.15) is 18.4 Å². The van der Waals surface area contributed by atoms with Crippen LogP contribution >= 0.6 is 0 Å². The van der Waals surface area contributed by atoms with Crippen molar-refractivity contribution in [2.45, 2.75) is 37.6 Å². The van der Waals surface area contributed by atoms with Gasteiger partial charge in [0.15, 0.2) is 0 Å². The molecule has 1 spiro atoms. The van der Waals surface area contributed by atoms with Crippen LogP contribution in [-0.2, 0) is 22.6 Å². The summed E-state index contributed by atoms with van der Waals surface area (Å²) in [5.74, 6) is 0. The van der Waals surface area contributed by atoms with Crippen molar-refractivity contribution in [1.82, 2.24) is 19.7 Å². The first-order chi connectivity index (χ1) is 11.8. The summed E-state index contributed by atoms with van der Waals surface area (Å²) >= 11 is 0. The first kappa shape index (κ1) is 15.7. The van der Waals surface area contributed by atoms with E-state index in [1.165, 1.54) is 5.56 Å². The number of rotatable bonds is 4. The van der Waals surface area contributed by atoms with Crippen LogP contribution < -0.4 is 0 Å². The Bertz CT molecular complexity index is 634. The molecule has 1 aromatic carbocycles. The SMILES string of the molecule is c1ccc(CN2CCOCC3(CCC(Cn4cncn4)O3)C2)cc1. The van der Waals surface area contributed by atoms with E-state index in [1.807, 2.05) is 4.68 Å². The zero-order valence-electron chi connectivity index (χ0n) is 13.9. The Morgan fingerprint density at radius 3 is 3.00 bits per heavy atom. The molecule has 2 atom stereocenters. The van der Waals surface area contributed by atoms with Crippen LogP contribution in [0.5, 0.6) is 0 Å². The molecule has 6 nitrogen and oxygen atoms in total. The van der Waals surface area contributed by atoms with E-state index in [4.69, 9.17) is 9.47 Å². The second kappa shape index (κ2) is 7.01. The largest absolute Gasteiger partial charge is 0.377 e. The molecule has 24 heavy (non-hydrogen) atoms. The van der Waals surface area contributed by atoms with Crippen molar-refractivity contribution in [2.24, 2.45) is 0 Å². The van der Waals surface area contributed by atoms with Gasteiger partial charge >= 0.3 is 0 Å². The molecular weight excluding hydrogens is 304 g/mol. The highest BCUT2D eigenvalue weighted by Gasteiger charge is 2.43. The van der Waals surface area contributed by atoms with Gasteiger partial charge in [-0.05, 0) is 18.4 Å². The summed E-state index contributed by atoms with van der Waals surface area (Å²) in [6.07, 6.45) is 5.59. The molecule has 2 aromatic rings. The number of aromatic nitrogens is 3. The molecule has 2 aliphatic rings.